The van der Waals surface area contributed by atoms with E-state index in [0.29, 0.717) is 5.69 Å². The van der Waals surface area contributed by atoms with Crippen molar-refractivity contribution in [3.8, 4) is 0 Å². The summed E-state index contributed by atoms with van der Waals surface area (Å²) < 4.78 is 63.0. The van der Waals surface area contributed by atoms with Gasteiger partial charge in [0.05, 0.1) is 29.5 Å². The van der Waals surface area contributed by atoms with Gasteiger partial charge in [0, 0.05) is 12.1 Å². The summed E-state index contributed by atoms with van der Waals surface area (Å²) in [4.78, 5) is 27.2. The molecular weight excluding hydrogens is 504 g/mol. The lowest BCUT2D eigenvalue weighted by atomic mass is 10.2. The first-order valence-corrected chi connectivity index (χ1v) is 12.8. The molecule has 0 N–H and O–H groups in total. The normalized spacial score (nSPS) is 12.7. The number of halogens is 1. The van der Waals surface area contributed by atoms with Gasteiger partial charge in [-0.05, 0) is 46.8 Å². The summed E-state index contributed by atoms with van der Waals surface area (Å²) in [7, 11) is -4.20. The molecule has 36 heavy (non-hydrogen) atoms. The highest BCUT2D eigenvalue weighted by Gasteiger charge is 2.29. The van der Waals surface area contributed by atoms with Crippen molar-refractivity contribution in [2.24, 2.45) is 0 Å². The third kappa shape index (κ3) is 9.69. The Kier molecular flexibility index (Phi) is 11.5. The lowest BCUT2D eigenvalue weighted by Gasteiger charge is -2.21. The maximum absolute atomic E-state index is 13.8. The van der Waals surface area contributed by atoms with Crippen molar-refractivity contribution in [1.29, 1.82) is 0 Å². The predicted molar refractivity (Wildman–Crippen MR) is 122 cm³/mol. The van der Waals surface area contributed by atoms with Crippen LogP contribution in [0.4, 0.5) is 14.0 Å². The summed E-state index contributed by atoms with van der Waals surface area (Å²) in [6.07, 6.45) is -3.34. The van der Waals surface area contributed by atoms with E-state index in [-0.39, 0.29) is 6.42 Å². The van der Waals surface area contributed by atoms with Gasteiger partial charge in [-0.2, -0.15) is 5.10 Å². The molecule has 2 heterocycles. The van der Waals surface area contributed by atoms with Gasteiger partial charge in [0.2, 0.25) is 13.6 Å². The lowest BCUT2D eigenvalue weighted by Crippen LogP contribution is -2.22. The summed E-state index contributed by atoms with van der Waals surface area (Å²) in [5.74, 6) is 0. The fourth-order valence-electron chi connectivity index (χ4n) is 2.73. The molecule has 0 radical (unpaired) electrons. The highest BCUT2D eigenvalue weighted by atomic mass is 31.2. The van der Waals surface area contributed by atoms with Gasteiger partial charge in [0.15, 0.2) is 0 Å². The van der Waals surface area contributed by atoms with Crippen LogP contribution in [0.15, 0.2) is 18.5 Å². The number of aryl methyl sites for hydroxylation is 1. The number of nitrogens with zero attached hydrogens (tertiary/aromatic N) is 3. The van der Waals surface area contributed by atoms with E-state index in [9.17, 15) is 18.5 Å². The molecule has 15 heteroatoms. The van der Waals surface area contributed by atoms with Crippen molar-refractivity contribution >= 4 is 25.4 Å². The Morgan fingerprint density at radius 3 is 2.14 bits per heavy atom. The Labute approximate surface area is 207 Å². The lowest BCUT2D eigenvalue weighted by molar-refractivity contribution is -0.0377. The monoisotopic (exact) mass is 535 g/mol. The minimum absolute atomic E-state index is 0.0789. The van der Waals surface area contributed by atoms with Gasteiger partial charge in [0.1, 0.15) is 19.3 Å². The molecule has 0 saturated heterocycles. The van der Waals surface area contributed by atoms with Crippen molar-refractivity contribution in [3.63, 3.8) is 0 Å². The standard InChI is InChI=1S/C21H31FN3O10P/c1-14(2)34-20(26)29-11-32-36(28,33-12-30-21(27)35-15(3)4)13-31-18(9-22)8-17-6-7-19-16(5)23-10-24-25(17)19/h6-7,10,14-15,18H,8-9,11-13H2,1-5H3. The van der Waals surface area contributed by atoms with Gasteiger partial charge in [-0.15, -0.1) is 0 Å². The van der Waals surface area contributed by atoms with Crippen LogP contribution < -0.4 is 0 Å². The smallest absolute Gasteiger partial charge is 0.432 e. The van der Waals surface area contributed by atoms with E-state index >= 15 is 0 Å². The Balaban J connectivity index is 2.01. The number of carbonyl (C=O) groups is 2. The topological polar surface area (TPSA) is 146 Å². The van der Waals surface area contributed by atoms with E-state index in [0.717, 1.165) is 11.2 Å². The second-order valence-electron chi connectivity index (χ2n) is 7.97. The van der Waals surface area contributed by atoms with Crippen LogP contribution in [0.2, 0.25) is 0 Å². The van der Waals surface area contributed by atoms with Gasteiger partial charge in [-0.25, -0.2) is 23.5 Å². The van der Waals surface area contributed by atoms with Gasteiger partial charge in [-0.3, -0.25) is 13.6 Å². The fraction of sp³-hybridized carbons (Fsp3) is 0.619. The minimum atomic E-state index is -4.20. The SMILES string of the molecule is Cc1ncnn2c(CC(CF)OCP(=O)(OCOC(=O)OC(C)C)OCOC(=O)OC(C)C)ccc12. The number of aromatic nitrogens is 3. The number of fused-ring (bicyclic) bond motifs is 1. The van der Waals surface area contributed by atoms with E-state index in [1.165, 1.54) is 6.33 Å². The maximum atomic E-state index is 13.8. The van der Waals surface area contributed by atoms with Crippen LogP contribution >= 0.6 is 7.60 Å². The average molecular weight is 535 g/mol. The predicted octanol–water partition coefficient (Wildman–Crippen LogP) is 4.16. The molecule has 13 nitrogen and oxygen atoms in total. The number of hydrogen-bond donors (Lipinski definition) is 0. The van der Waals surface area contributed by atoms with Crippen LogP contribution in [0, 0.1) is 6.92 Å². The van der Waals surface area contributed by atoms with Crippen LogP contribution in [-0.2, 0) is 43.7 Å². The molecule has 0 bridgehead atoms. The first-order valence-electron chi connectivity index (χ1n) is 11.0. The third-order valence-corrected chi connectivity index (χ3v) is 5.78. The second kappa shape index (κ2) is 14.1. The molecule has 0 spiro atoms. The van der Waals surface area contributed by atoms with Crippen molar-refractivity contribution < 1.29 is 51.3 Å². The van der Waals surface area contributed by atoms with E-state index in [1.807, 2.05) is 6.92 Å². The molecule has 202 valence electrons. The minimum Gasteiger partial charge on any atom is -0.432 e. The quantitative estimate of drug-likeness (QED) is 0.194. The first kappa shape index (κ1) is 29.4. The van der Waals surface area contributed by atoms with Gasteiger partial charge >= 0.3 is 19.9 Å². The Morgan fingerprint density at radius 2 is 1.61 bits per heavy atom. The summed E-state index contributed by atoms with van der Waals surface area (Å²) >= 11 is 0. The van der Waals surface area contributed by atoms with Crippen molar-refractivity contribution in [2.75, 3.05) is 26.6 Å². The average Bonchev–Trinajstić information content (AvgIpc) is 3.19. The van der Waals surface area contributed by atoms with Gasteiger partial charge in [0.25, 0.3) is 0 Å². The maximum Gasteiger partial charge on any atom is 0.510 e. The molecule has 1 atom stereocenters. The van der Waals surface area contributed by atoms with Crippen molar-refractivity contribution in [2.45, 2.75) is 59.4 Å². The van der Waals surface area contributed by atoms with Gasteiger partial charge < -0.3 is 23.7 Å². The molecule has 0 aromatic carbocycles. The third-order valence-electron chi connectivity index (χ3n) is 4.32. The second-order valence-corrected chi connectivity index (χ2v) is 9.97. The van der Waals surface area contributed by atoms with Crippen LogP contribution in [0.3, 0.4) is 0 Å². The number of hydrogen-bond acceptors (Lipinski definition) is 12. The number of alkyl halides is 1. The molecule has 1 unspecified atom stereocenters. The van der Waals surface area contributed by atoms with E-state index < -0.39 is 64.8 Å². The van der Waals surface area contributed by atoms with E-state index in [1.54, 1.807) is 44.3 Å². The number of ether oxygens (including phenoxy) is 5. The summed E-state index contributed by atoms with van der Waals surface area (Å²) in [5, 5.41) is 4.16. The molecule has 0 amide bonds. The highest BCUT2D eigenvalue weighted by molar-refractivity contribution is 7.53. The molecular formula is C21H31FN3O10P. The van der Waals surface area contributed by atoms with E-state index in [2.05, 4.69) is 10.1 Å². The Bertz CT molecular complexity index is 1020. The number of carbonyl (C=O) groups excluding carboxylic acids is 2. The Morgan fingerprint density at radius 1 is 1.03 bits per heavy atom. The van der Waals surface area contributed by atoms with Crippen molar-refractivity contribution in [3.05, 3.63) is 29.8 Å². The first-order chi connectivity index (χ1) is 17.0. The number of rotatable bonds is 14. The molecule has 0 aliphatic carbocycles. The van der Waals surface area contributed by atoms with Gasteiger partial charge in [-0.1, -0.05) is 0 Å². The van der Waals surface area contributed by atoms with E-state index in [4.69, 9.17) is 32.7 Å². The molecule has 2 aromatic heterocycles. The fourth-order valence-corrected chi connectivity index (χ4v) is 3.77. The zero-order valence-electron chi connectivity index (χ0n) is 20.7. The molecule has 0 fully saturated rings. The zero-order valence-corrected chi connectivity index (χ0v) is 21.6. The summed E-state index contributed by atoms with van der Waals surface area (Å²) in [6.45, 7) is 5.68. The van der Waals surface area contributed by atoms with Crippen LogP contribution in [0.25, 0.3) is 5.52 Å². The summed E-state index contributed by atoms with van der Waals surface area (Å²) in [5.41, 5.74) is 2.12. The van der Waals surface area contributed by atoms with Crippen LogP contribution in [0.5, 0.6) is 0 Å². The summed E-state index contributed by atoms with van der Waals surface area (Å²) in [6, 6.07) is 3.54. The molecule has 0 aliphatic heterocycles. The van der Waals surface area contributed by atoms with Crippen molar-refractivity contribution in [1.82, 2.24) is 14.6 Å². The molecule has 0 aliphatic rings. The Hall–Kier alpha value is -2.80. The zero-order chi connectivity index (χ0) is 26.7. The molecule has 0 saturated carbocycles. The molecule has 2 rings (SSSR count). The van der Waals surface area contributed by atoms with Crippen LogP contribution in [-0.4, -0.2) is 71.8 Å². The van der Waals surface area contributed by atoms with Crippen LogP contribution in [0.1, 0.15) is 39.1 Å². The highest BCUT2D eigenvalue weighted by Crippen LogP contribution is 2.48. The largest absolute Gasteiger partial charge is 0.510 e. The molecule has 2 aromatic rings.